The van der Waals surface area contributed by atoms with Crippen LogP contribution in [0, 0.1) is 0 Å². The van der Waals surface area contributed by atoms with E-state index in [-0.39, 0.29) is 15.1 Å². The number of β-lactam (4-membered cyclic amide) rings is 1. The summed E-state index contributed by atoms with van der Waals surface area (Å²) >= 11 is 0.956. The molecule has 2 rings (SSSR count). The summed E-state index contributed by atoms with van der Waals surface area (Å²) in [6, 6.07) is -2.95. The molecule has 7 N–H and O–H groups in total. The van der Waals surface area contributed by atoms with Gasteiger partial charge >= 0.3 is 16.4 Å². The van der Waals surface area contributed by atoms with Crippen molar-refractivity contribution in [2.75, 3.05) is 12.3 Å². The van der Waals surface area contributed by atoms with E-state index in [1.54, 1.807) is 0 Å². The zero-order valence-corrected chi connectivity index (χ0v) is 14.2. The van der Waals surface area contributed by atoms with Gasteiger partial charge in [-0.15, -0.1) is 11.3 Å². The first-order chi connectivity index (χ1) is 12.1. The molecule has 2 heterocycles. The number of nitrogens with one attached hydrogen (secondary N) is 1. The Bertz CT molecular complexity index is 880. The van der Waals surface area contributed by atoms with Crippen molar-refractivity contribution < 1.29 is 37.3 Å². The van der Waals surface area contributed by atoms with Gasteiger partial charge in [0.1, 0.15) is 24.4 Å². The Hall–Kier alpha value is -2.98. The molecule has 0 bridgehead atoms. The van der Waals surface area contributed by atoms with Crippen molar-refractivity contribution in [3.8, 4) is 0 Å². The Labute approximate surface area is 149 Å². The maximum Gasteiger partial charge on any atom is 0.404 e. The lowest BCUT2D eigenvalue weighted by Crippen LogP contribution is -2.73. The summed E-state index contributed by atoms with van der Waals surface area (Å²) in [7, 11) is -4.96. The zero-order valence-electron chi connectivity index (χ0n) is 12.6. The molecule has 1 saturated heterocycles. The molecule has 0 aromatic carbocycles. The largest absolute Gasteiger partial charge is 0.447 e. The summed E-state index contributed by atoms with van der Waals surface area (Å²) in [6.45, 7) is -0.721. The number of ether oxygens (including phenoxy) is 1. The lowest BCUT2D eigenvalue weighted by Gasteiger charge is -2.43. The van der Waals surface area contributed by atoms with Gasteiger partial charge in [-0.2, -0.15) is 8.42 Å². The summed E-state index contributed by atoms with van der Waals surface area (Å²) in [6.07, 6.45) is -1.26. The van der Waals surface area contributed by atoms with Crippen LogP contribution in [-0.4, -0.2) is 69.8 Å². The Balaban J connectivity index is 2.18. The number of rotatable bonds is 6. The second kappa shape index (κ2) is 7.10. The van der Waals surface area contributed by atoms with Crippen LogP contribution in [0.4, 0.5) is 9.93 Å². The smallest absolute Gasteiger partial charge is 0.404 e. The van der Waals surface area contributed by atoms with Crippen molar-refractivity contribution >= 4 is 50.4 Å². The number of aromatic nitrogens is 1. The van der Waals surface area contributed by atoms with Gasteiger partial charge in [-0.25, -0.2) is 14.1 Å². The number of oxime groups is 1. The molecule has 16 heteroatoms. The maximum atomic E-state index is 12.2. The average Bonchev–Trinajstić information content (AvgIpc) is 2.94. The van der Waals surface area contributed by atoms with Crippen molar-refractivity contribution in [3.05, 3.63) is 11.1 Å². The molecule has 1 aromatic heterocycles. The van der Waals surface area contributed by atoms with Crippen molar-refractivity contribution in [3.63, 3.8) is 0 Å². The van der Waals surface area contributed by atoms with Crippen LogP contribution in [0.1, 0.15) is 5.69 Å². The Morgan fingerprint density at radius 3 is 2.62 bits per heavy atom. The van der Waals surface area contributed by atoms with E-state index in [1.165, 1.54) is 5.38 Å². The van der Waals surface area contributed by atoms with Crippen LogP contribution in [0.2, 0.25) is 0 Å². The Kier molecular flexibility index (Phi) is 5.28. The second-order valence-corrected chi connectivity index (χ2v) is 6.96. The van der Waals surface area contributed by atoms with Gasteiger partial charge in [-0.05, 0) is 0 Å². The molecule has 1 aromatic rings. The number of carbonyl (C=O) groups is 3. The third kappa shape index (κ3) is 3.81. The number of hydrogen-bond acceptors (Lipinski definition) is 11. The molecule has 0 saturated carbocycles. The topological polar surface area (TPSA) is 228 Å². The Morgan fingerprint density at radius 2 is 2.15 bits per heavy atom. The predicted octanol–water partition coefficient (Wildman–Crippen LogP) is -2.50. The van der Waals surface area contributed by atoms with Gasteiger partial charge in [0.25, 0.3) is 11.8 Å². The van der Waals surface area contributed by atoms with Crippen molar-refractivity contribution in [2.45, 2.75) is 12.1 Å². The third-order valence-electron chi connectivity index (χ3n) is 3.18. The molecule has 14 nitrogen and oxygen atoms in total. The third-order valence-corrected chi connectivity index (χ3v) is 4.80. The van der Waals surface area contributed by atoms with Crippen LogP contribution in [-0.2, 0) is 24.6 Å². The zero-order chi connectivity index (χ0) is 19.6. The van der Waals surface area contributed by atoms with Gasteiger partial charge in [0.05, 0.1) is 0 Å². The van der Waals surface area contributed by atoms with E-state index in [9.17, 15) is 22.8 Å². The molecule has 1 fully saturated rings. The average molecular weight is 408 g/mol. The molecule has 2 atom stereocenters. The lowest BCUT2D eigenvalue weighted by molar-refractivity contribution is -0.146. The van der Waals surface area contributed by atoms with Gasteiger partial charge in [0.15, 0.2) is 10.8 Å². The van der Waals surface area contributed by atoms with Gasteiger partial charge < -0.3 is 26.7 Å². The minimum Gasteiger partial charge on any atom is -0.447 e. The van der Waals surface area contributed by atoms with E-state index in [2.05, 4.69) is 20.2 Å². The fraction of sp³-hybridized carbons (Fsp3) is 0.300. The van der Waals surface area contributed by atoms with Crippen molar-refractivity contribution in [1.29, 1.82) is 0 Å². The predicted molar refractivity (Wildman–Crippen MR) is 84.5 cm³/mol. The number of thiazole rings is 1. The highest BCUT2D eigenvalue weighted by atomic mass is 32.2. The van der Waals surface area contributed by atoms with E-state index in [0.29, 0.717) is 0 Å². The molecule has 0 aliphatic carbocycles. The van der Waals surface area contributed by atoms with Crippen molar-refractivity contribution in [2.24, 2.45) is 10.9 Å². The standard InChI is InChI=1S/C10H12N6O8S2/c11-9-13-3(2-25-9)5(15-20)7(17)14-6-4(1-24-10(12)19)16(8(6)18)26(21,22)23/h2,4,6,20H,1H2,(H2,11,13)(H2,12,19)(H,14,17)(H,21,22,23)/t4-,6+/m1/s1. The molecule has 142 valence electrons. The molecular weight excluding hydrogens is 396 g/mol. The summed E-state index contributed by atoms with van der Waals surface area (Å²) < 4.78 is 35.9. The van der Waals surface area contributed by atoms with Crippen LogP contribution < -0.4 is 16.8 Å². The first-order valence-corrected chi connectivity index (χ1v) is 8.81. The lowest BCUT2D eigenvalue weighted by atomic mass is 9.99. The number of hydrogen-bond donors (Lipinski definition) is 5. The summed E-state index contributed by atoms with van der Waals surface area (Å²) in [4.78, 5) is 38.5. The second-order valence-electron chi connectivity index (χ2n) is 4.78. The molecule has 1 aliphatic rings. The van der Waals surface area contributed by atoms with Crippen LogP contribution in [0.25, 0.3) is 0 Å². The number of carbonyl (C=O) groups excluding carboxylic acids is 3. The first-order valence-electron chi connectivity index (χ1n) is 6.53. The van der Waals surface area contributed by atoms with Crippen LogP contribution in [0.15, 0.2) is 10.5 Å². The number of nitrogens with zero attached hydrogens (tertiary/aromatic N) is 3. The quantitative estimate of drug-likeness (QED) is 0.109. The highest BCUT2D eigenvalue weighted by molar-refractivity contribution is 7.84. The van der Waals surface area contributed by atoms with E-state index in [4.69, 9.17) is 21.2 Å². The summed E-state index contributed by atoms with van der Waals surface area (Å²) in [5.74, 6) is -2.29. The number of amides is 3. The van der Waals surface area contributed by atoms with Crippen LogP contribution in [0.3, 0.4) is 0 Å². The van der Waals surface area contributed by atoms with Gasteiger partial charge in [-0.3, -0.25) is 14.1 Å². The normalized spacial score (nSPS) is 20.4. The van der Waals surface area contributed by atoms with Crippen LogP contribution >= 0.6 is 11.3 Å². The fourth-order valence-corrected chi connectivity index (χ4v) is 3.52. The Morgan fingerprint density at radius 1 is 1.50 bits per heavy atom. The minimum absolute atomic E-state index is 0.0114. The number of anilines is 1. The van der Waals surface area contributed by atoms with Crippen LogP contribution in [0.5, 0.6) is 0 Å². The monoisotopic (exact) mass is 408 g/mol. The maximum absolute atomic E-state index is 12.2. The van der Waals surface area contributed by atoms with Gasteiger partial charge in [0.2, 0.25) is 0 Å². The first kappa shape index (κ1) is 19.3. The molecule has 0 unspecified atom stereocenters. The summed E-state index contributed by atoms with van der Waals surface area (Å²) in [5, 5.41) is 15.2. The SMILES string of the molecule is NC(=O)OC[C@@H]1[C@H](NC(=O)C(=NO)c2csc(N)n2)C(=O)N1S(=O)(=O)O. The number of nitrogens with two attached hydrogens (primary N) is 2. The molecule has 26 heavy (non-hydrogen) atoms. The highest BCUT2D eigenvalue weighted by Crippen LogP contribution is 2.24. The molecular formula is C10H12N6O8S2. The molecule has 1 aliphatic heterocycles. The molecule has 3 amide bonds. The van der Waals surface area contributed by atoms with E-state index in [0.717, 1.165) is 11.3 Å². The van der Waals surface area contributed by atoms with Gasteiger partial charge in [0, 0.05) is 5.38 Å². The minimum atomic E-state index is -4.96. The fourth-order valence-electron chi connectivity index (χ4n) is 2.11. The molecule has 0 radical (unpaired) electrons. The van der Waals surface area contributed by atoms with E-state index >= 15 is 0 Å². The van der Waals surface area contributed by atoms with E-state index in [1.807, 2.05) is 0 Å². The van der Waals surface area contributed by atoms with Gasteiger partial charge in [-0.1, -0.05) is 5.16 Å². The van der Waals surface area contributed by atoms with Crippen molar-refractivity contribution in [1.82, 2.24) is 14.6 Å². The number of nitrogen functional groups attached to an aromatic ring is 1. The molecule has 0 spiro atoms. The van der Waals surface area contributed by atoms with E-state index < -0.39 is 52.6 Å². The highest BCUT2D eigenvalue weighted by Gasteiger charge is 2.54. The summed E-state index contributed by atoms with van der Waals surface area (Å²) in [5.41, 5.74) is 9.50. The number of primary amides is 1.